The summed E-state index contributed by atoms with van der Waals surface area (Å²) in [5.41, 5.74) is -0.977. The molecule has 0 aliphatic carbocycles. The van der Waals surface area contributed by atoms with E-state index < -0.39 is 11.4 Å². The van der Waals surface area contributed by atoms with Crippen LogP contribution in [0.3, 0.4) is 0 Å². The van der Waals surface area contributed by atoms with Crippen molar-refractivity contribution in [1.29, 1.82) is 0 Å². The van der Waals surface area contributed by atoms with Gasteiger partial charge >= 0.3 is 5.97 Å². The minimum atomic E-state index is -0.977. The normalized spacial score (nSPS) is 10.8. The second kappa shape index (κ2) is 7.68. The third-order valence-corrected chi connectivity index (χ3v) is 2.49. The first-order valence-corrected chi connectivity index (χ1v) is 6.06. The van der Waals surface area contributed by atoms with Crippen LogP contribution < -0.4 is 10.6 Å². The van der Waals surface area contributed by atoms with Crippen LogP contribution in [-0.2, 0) is 14.4 Å². The fourth-order valence-electron chi connectivity index (χ4n) is 1.18. The SMILES string of the molecule is CCNC(=O)CCCC(=O)NCC(C)(C)C(=O)O. The molecule has 0 spiro atoms. The van der Waals surface area contributed by atoms with Gasteiger partial charge in [-0.25, -0.2) is 0 Å². The molecule has 0 saturated carbocycles. The Hall–Kier alpha value is -1.59. The van der Waals surface area contributed by atoms with Crippen molar-refractivity contribution in [3.8, 4) is 0 Å². The van der Waals surface area contributed by atoms with Crippen LogP contribution >= 0.6 is 0 Å². The van der Waals surface area contributed by atoms with Gasteiger partial charge in [0.25, 0.3) is 0 Å². The number of carbonyl (C=O) groups is 3. The average molecular weight is 258 g/mol. The number of carboxylic acid groups (broad SMARTS) is 1. The molecule has 104 valence electrons. The Bertz CT molecular complexity index is 313. The van der Waals surface area contributed by atoms with E-state index in [1.54, 1.807) is 13.8 Å². The van der Waals surface area contributed by atoms with Gasteiger partial charge in [0.05, 0.1) is 5.41 Å². The van der Waals surface area contributed by atoms with Crippen LogP contribution in [-0.4, -0.2) is 36.0 Å². The van der Waals surface area contributed by atoms with E-state index in [1.807, 2.05) is 6.92 Å². The number of carboxylic acids is 1. The van der Waals surface area contributed by atoms with Crippen molar-refractivity contribution < 1.29 is 19.5 Å². The molecule has 2 amide bonds. The number of rotatable bonds is 8. The molecular formula is C12H22N2O4. The van der Waals surface area contributed by atoms with E-state index in [9.17, 15) is 14.4 Å². The Labute approximate surface area is 107 Å². The first-order valence-electron chi connectivity index (χ1n) is 6.06. The molecule has 18 heavy (non-hydrogen) atoms. The summed E-state index contributed by atoms with van der Waals surface area (Å²) >= 11 is 0. The summed E-state index contributed by atoms with van der Waals surface area (Å²) in [4.78, 5) is 33.3. The monoisotopic (exact) mass is 258 g/mol. The molecule has 0 aliphatic heterocycles. The molecule has 0 saturated heterocycles. The lowest BCUT2D eigenvalue weighted by Crippen LogP contribution is -2.38. The minimum Gasteiger partial charge on any atom is -0.481 e. The Morgan fingerprint density at radius 1 is 1.06 bits per heavy atom. The van der Waals surface area contributed by atoms with Crippen LogP contribution in [0.25, 0.3) is 0 Å². The summed E-state index contributed by atoms with van der Waals surface area (Å²) in [6, 6.07) is 0. The second-order valence-electron chi connectivity index (χ2n) is 4.77. The van der Waals surface area contributed by atoms with Gasteiger partial charge in [0, 0.05) is 25.9 Å². The molecular weight excluding hydrogens is 236 g/mol. The zero-order valence-corrected chi connectivity index (χ0v) is 11.2. The molecule has 0 heterocycles. The second-order valence-corrected chi connectivity index (χ2v) is 4.77. The van der Waals surface area contributed by atoms with Crippen LogP contribution in [0.15, 0.2) is 0 Å². The Kier molecular flexibility index (Phi) is 7.00. The maximum Gasteiger partial charge on any atom is 0.310 e. The van der Waals surface area contributed by atoms with Crippen LogP contribution in [0.4, 0.5) is 0 Å². The van der Waals surface area contributed by atoms with Crippen molar-refractivity contribution in [2.24, 2.45) is 5.41 Å². The molecule has 0 aliphatic rings. The molecule has 0 radical (unpaired) electrons. The van der Waals surface area contributed by atoms with Gasteiger partial charge < -0.3 is 15.7 Å². The van der Waals surface area contributed by atoms with E-state index in [0.717, 1.165) is 0 Å². The van der Waals surface area contributed by atoms with Gasteiger partial charge in [-0.1, -0.05) is 0 Å². The Morgan fingerprint density at radius 2 is 1.56 bits per heavy atom. The number of hydrogen-bond donors (Lipinski definition) is 3. The van der Waals surface area contributed by atoms with Gasteiger partial charge in [-0.3, -0.25) is 14.4 Å². The maximum absolute atomic E-state index is 11.4. The molecule has 0 fully saturated rings. The van der Waals surface area contributed by atoms with Crippen molar-refractivity contribution in [3.05, 3.63) is 0 Å². The summed E-state index contributed by atoms with van der Waals surface area (Å²) in [7, 11) is 0. The average Bonchev–Trinajstić information content (AvgIpc) is 2.26. The van der Waals surface area contributed by atoms with E-state index >= 15 is 0 Å². The molecule has 0 aromatic carbocycles. The first-order chi connectivity index (χ1) is 8.29. The smallest absolute Gasteiger partial charge is 0.310 e. The highest BCUT2D eigenvalue weighted by atomic mass is 16.4. The molecule has 3 N–H and O–H groups in total. The van der Waals surface area contributed by atoms with E-state index in [2.05, 4.69) is 10.6 Å². The van der Waals surface area contributed by atoms with E-state index in [4.69, 9.17) is 5.11 Å². The number of nitrogens with one attached hydrogen (secondary N) is 2. The summed E-state index contributed by atoms with van der Waals surface area (Å²) in [5.74, 6) is -1.25. The predicted octanol–water partition coefficient (Wildman–Crippen LogP) is 0.520. The van der Waals surface area contributed by atoms with Crippen molar-refractivity contribution in [2.75, 3.05) is 13.1 Å². The first kappa shape index (κ1) is 16.4. The lowest BCUT2D eigenvalue weighted by Gasteiger charge is -2.19. The van der Waals surface area contributed by atoms with Crippen molar-refractivity contribution in [2.45, 2.75) is 40.0 Å². The third kappa shape index (κ3) is 6.88. The maximum atomic E-state index is 11.4. The van der Waals surface area contributed by atoms with Gasteiger partial charge in [0.2, 0.25) is 11.8 Å². The highest BCUT2D eigenvalue weighted by Crippen LogP contribution is 2.13. The number of aliphatic carboxylic acids is 1. The van der Waals surface area contributed by atoms with Gasteiger partial charge in [0.1, 0.15) is 0 Å². The molecule has 0 aromatic rings. The van der Waals surface area contributed by atoms with Crippen LogP contribution in [0, 0.1) is 5.41 Å². The summed E-state index contributed by atoms with van der Waals surface area (Å²) in [6.07, 6.45) is 1.00. The van der Waals surface area contributed by atoms with Crippen LogP contribution in [0.5, 0.6) is 0 Å². The number of amides is 2. The van der Waals surface area contributed by atoms with Gasteiger partial charge in [-0.2, -0.15) is 0 Å². The van der Waals surface area contributed by atoms with Gasteiger partial charge in [-0.05, 0) is 27.2 Å². The molecule has 0 aromatic heterocycles. The van der Waals surface area contributed by atoms with Crippen molar-refractivity contribution in [3.63, 3.8) is 0 Å². The third-order valence-electron chi connectivity index (χ3n) is 2.49. The van der Waals surface area contributed by atoms with E-state index in [0.29, 0.717) is 19.4 Å². The minimum absolute atomic E-state index is 0.0730. The molecule has 0 rings (SSSR count). The highest BCUT2D eigenvalue weighted by Gasteiger charge is 2.27. The highest BCUT2D eigenvalue weighted by molar-refractivity contribution is 5.80. The molecule has 0 atom stereocenters. The van der Waals surface area contributed by atoms with E-state index in [1.165, 1.54) is 0 Å². The van der Waals surface area contributed by atoms with Gasteiger partial charge in [0.15, 0.2) is 0 Å². The molecule has 0 bridgehead atoms. The fraction of sp³-hybridized carbons (Fsp3) is 0.750. The number of carbonyl (C=O) groups excluding carboxylic acids is 2. The molecule has 6 nitrogen and oxygen atoms in total. The number of hydrogen-bond acceptors (Lipinski definition) is 3. The molecule has 0 unspecified atom stereocenters. The fourth-order valence-corrected chi connectivity index (χ4v) is 1.18. The predicted molar refractivity (Wildman–Crippen MR) is 67.0 cm³/mol. The Balaban J connectivity index is 3.79. The zero-order valence-electron chi connectivity index (χ0n) is 11.2. The summed E-state index contributed by atoms with van der Waals surface area (Å²) in [6.45, 7) is 5.59. The van der Waals surface area contributed by atoms with Crippen LogP contribution in [0.2, 0.25) is 0 Å². The van der Waals surface area contributed by atoms with Crippen LogP contribution in [0.1, 0.15) is 40.0 Å². The zero-order chi connectivity index (χ0) is 14.2. The Morgan fingerprint density at radius 3 is 2.00 bits per heavy atom. The molecule has 6 heteroatoms. The van der Waals surface area contributed by atoms with E-state index in [-0.39, 0.29) is 24.8 Å². The van der Waals surface area contributed by atoms with Crippen molar-refractivity contribution >= 4 is 17.8 Å². The lowest BCUT2D eigenvalue weighted by molar-refractivity contribution is -0.146. The summed E-state index contributed by atoms with van der Waals surface area (Å²) in [5, 5.41) is 14.1. The topological polar surface area (TPSA) is 95.5 Å². The largest absolute Gasteiger partial charge is 0.481 e. The quantitative estimate of drug-likeness (QED) is 0.591. The van der Waals surface area contributed by atoms with Gasteiger partial charge in [-0.15, -0.1) is 0 Å². The standard InChI is InChI=1S/C12H22N2O4/c1-4-13-9(15)6-5-7-10(16)14-8-12(2,3)11(17)18/h4-8H2,1-3H3,(H,13,15)(H,14,16)(H,17,18). The summed E-state index contributed by atoms with van der Waals surface area (Å²) < 4.78 is 0. The lowest BCUT2D eigenvalue weighted by atomic mass is 9.94. The van der Waals surface area contributed by atoms with Crippen molar-refractivity contribution in [1.82, 2.24) is 10.6 Å².